The van der Waals surface area contributed by atoms with Crippen molar-refractivity contribution in [2.24, 2.45) is 5.10 Å². The van der Waals surface area contributed by atoms with Gasteiger partial charge in [-0.3, -0.25) is 0 Å². The molecule has 1 unspecified atom stereocenters. The molecule has 6 aromatic carbocycles. The summed E-state index contributed by atoms with van der Waals surface area (Å²) in [6.07, 6.45) is 1.97. The Bertz CT molecular complexity index is 2440. The smallest absolute Gasteiger partial charge is 0.346 e. The van der Waals surface area contributed by atoms with Gasteiger partial charge in [0, 0.05) is 16.7 Å². The third-order valence-corrected chi connectivity index (χ3v) is 10.7. The van der Waals surface area contributed by atoms with Crippen molar-refractivity contribution in [3.05, 3.63) is 203 Å². The first-order valence-corrected chi connectivity index (χ1v) is 19.6. The fourth-order valence-electron chi connectivity index (χ4n) is 8.00. The lowest BCUT2D eigenvalue weighted by molar-refractivity contribution is -0.844. The van der Waals surface area contributed by atoms with Crippen molar-refractivity contribution in [1.29, 1.82) is 0 Å². The van der Waals surface area contributed by atoms with Gasteiger partial charge in [-0.2, -0.15) is 4.59 Å². The van der Waals surface area contributed by atoms with Crippen LogP contribution in [-0.2, 0) is 15.1 Å². The number of carbonyl (C=O) groups excluding carboxylic acids is 1. The molecule has 0 spiro atoms. The summed E-state index contributed by atoms with van der Waals surface area (Å²) >= 11 is 0. The average Bonchev–Trinajstić information content (AvgIpc) is 3.88. The topological polar surface area (TPSA) is 82.3 Å². The zero-order valence-corrected chi connectivity index (χ0v) is 32.5. The van der Waals surface area contributed by atoms with Gasteiger partial charge in [-0.1, -0.05) is 176 Å². The largest absolute Gasteiger partial charge is 0.462 e. The SMILES string of the molecule is CCCC[N+]1(C)N=C(c2ccc(-c3ccccc3-c3nnn(C(c4ccccc4)(c4ccccc4)c4ccccc4)n3)cc2)C(C(=O)OCC)=C1c1ccccc1. The Hall–Kier alpha value is -6.77. The maximum atomic E-state index is 13.8. The van der Waals surface area contributed by atoms with E-state index in [4.69, 9.17) is 25.2 Å². The lowest BCUT2D eigenvalue weighted by atomic mass is 9.77. The van der Waals surface area contributed by atoms with E-state index in [1.54, 1.807) is 4.80 Å². The molecular weight excluding hydrogens is 705 g/mol. The molecule has 1 aromatic heterocycles. The highest BCUT2D eigenvalue weighted by Crippen LogP contribution is 2.42. The molecule has 7 aromatic rings. The van der Waals surface area contributed by atoms with Crippen LogP contribution in [0, 0.1) is 0 Å². The van der Waals surface area contributed by atoms with Gasteiger partial charge in [0.25, 0.3) is 0 Å². The highest BCUT2D eigenvalue weighted by atomic mass is 16.5. The molecule has 0 bridgehead atoms. The van der Waals surface area contributed by atoms with E-state index in [1.165, 1.54) is 0 Å². The molecule has 57 heavy (non-hydrogen) atoms. The second-order valence-electron chi connectivity index (χ2n) is 14.3. The summed E-state index contributed by atoms with van der Waals surface area (Å²) < 4.78 is 5.95. The number of ether oxygens (including phenoxy) is 1. The number of tetrazole rings is 1. The Kier molecular flexibility index (Phi) is 10.5. The molecule has 1 aliphatic heterocycles. The number of unbranched alkanes of at least 4 members (excludes halogenated alkanes) is 1. The maximum absolute atomic E-state index is 13.8. The van der Waals surface area contributed by atoms with Gasteiger partial charge in [-0.25, -0.2) is 4.79 Å². The number of rotatable bonds is 13. The molecule has 282 valence electrons. The van der Waals surface area contributed by atoms with Crippen LogP contribution in [0.15, 0.2) is 181 Å². The number of nitrogens with zero attached hydrogens (tertiary/aromatic N) is 6. The van der Waals surface area contributed by atoms with E-state index in [-0.39, 0.29) is 17.2 Å². The van der Waals surface area contributed by atoms with Gasteiger partial charge >= 0.3 is 5.97 Å². The normalized spacial score (nSPS) is 15.4. The number of hydrogen-bond acceptors (Lipinski definition) is 6. The van der Waals surface area contributed by atoms with E-state index in [2.05, 4.69) is 68.6 Å². The number of benzene rings is 6. The van der Waals surface area contributed by atoms with Gasteiger partial charge in [-0.15, -0.1) is 15.0 Å². The van der Waals surface area contributed by atoms with Gasteiger partial charge in [0.2, 0.25) is 5.82 Å². The van der Waals surface area contributed by atoms with Crippen LogP contribution in [0.4, 0.5) is 0 Å². The number of aromatic nitrogens is 4. The fourth-order valence-corrected chi connectivity index (χ4v) is 8.00. The molecule has 8 nitrogen and oxygen atoms in total. The summed E-state index contributed by atoms with van der Waals surface area (Å²) in [5.41, 5.74) is 8.73. The van der Waals surface area contributed by atoms with Crippen LogP contribution in [0.25, 0.3) is 28.2 Å². The number of carbonyl (C=O) groups is 1. The molecule has 8 rings (SSSR count). The Morgan fingerprint density at radius 1 is 0.632 bits per heavy atom. The van der Waals surface area contributed by atoms with E-state index < -0.39 is 5.54 Å². The molecule has 1 atom stereocenters. The third kappa shape index (κ3) is 6.89. The molecule has 8 heteroatoms. The zero-order valence-electron chi connectivity index (χ0n) is 32.5. The van der Waals surface area contributed by atoms with Gasteiger partial charge in [-0.05, 0) is 58.5 Å². The molecule has 1 aliphatic rings. The summed E-state index contributed by atoms with van der Waals surface area (Å²) in [6, 6.07) is 57.4. The predicted octanol–water partition coefficient (Wildman–Crippen LogP) is 9.79. The molecular formula is C49H45N6O2+. The quantitative estimate of drug-likeness (QED) is 0.0666. The first-order valence-electron chi connectivity index (χ1n) is 19.6. The maximum Gasteiger partial charge on any atom is 0.346 e. The van der Waals surface area contributed by atoms with Crippen molar-refractivity contribution >= 4 is 17.4 Å². The van der Waals surface area contributed by atoms with Crippen molar-refractivity contribution in [3.63, 3.8) is 0 Å². The molecule has 0 aliphatic carbocycles. The van der Waals surface area contributed by atoms with Crippen LogP contribution in [0.1, 0.15) is 54.5 Å². The van der Waals surface area contributed by atoms with Crippen LogP contribution in [-0.4, -0.2) is 56.7 Å². The third-order valence-electron chi connectivity index (χ3n) is 10.7. The monoisotopic (exact) mass is 749 g/mol. The first-order chi connectivity index (χ1) is 28.0. The second kappa shape index (κ2) is 16.1. The molecule has 0 N–H and O–H groups in total. The second-order valence-corrected chi connectivity index (χ2v) is 14.3. The van der Waals surface area contributed by atoms with E-state index in [0.717, 1.165) is 69.6 Å². The summed E-state index contributed by atoms with van der Waals surface area (Å²) in [4.78, 5) is 15.6. The van der Waals surface area contributed by atoms with Crippen molar-refractivity contribution < 1.29 is 14.1 Å². The van der Waals surface area contributed by atoms with E-state index in [0.29, 0.717) is 17.1 Å². The minimum absolute atomic E-state index is 0.268. The Morgan fingerprint density at radius 2 is 1.14 bits per heavy atom. The lowest BCUT2D eigenvalue weighted by Gasteiger charge is -2.34. The van der Waals surface area contributed by atoms with Gasteiger partial charge < -0.3 is 4.74 Å². The predicted molar refractivity (Wildman–Crippen MR) is 226 cm³/mol. The number of esters is 1. The Labute approximate surface area is 334 Å². The summed E-state index contributed by atoms with van der Waals surface area (Å²) in [6.45, 7) is 5.03. The van der Waals surface area contributed by atoms with Crippen molar-refractivity contribution in [1.82, 2.24) is 20.2 Å². The van der Waals surface area contributed by atoms with Crippen LogP contribution in [0.2, 0.25) is 0 Å². The highest BCUT2D eigenvalue weighted by molar-refractivity contribution is 6.31. The van der Waals surface area contributed by atoms with Crippen LogP contribution in [0.5, 0.6) is 0 Å². The van der Waals surface area contributed by atoms with E-state index in [9.17, 15) is 4.79 Å². The van der Waals surface area contributed by atoms with Crippen molar-refractivity contribution in [2.45, 2.75) is 32.2 Å². The number of quaternary nitrogens is 1. The first kappa shape index (κ1) is 37.2. The van der Waals surface area contributed by atoms with Crippen LogP contribution >= 0.6 is 0 Å². The minimum atomic E-state index is -0.888. The van der Waals surface area contributed by atoms with Gasteiger partial charge in [0.05, 0.1) is 13.7 Å². The fraction of sp³-hybridized carbons (Fsp3) is 0.163. The molecule has 2 heterocycles. The molecule has 0 radical (unpaired) electrons. The molecule has 0 saturated heterocycles. The molecule has 0 saturated carbocycles. The zero-order chi connectivity index (χ0) is 39.2. The standard InChI is InChI=1S/C49H45N6O2/c1-4-6-35-55(3)46(38-21-11-7-12-22-38)44(48(56)57-5-2)45(52-55)37-33-31-36(32-34-37)42-29-19-20-30-43(42)47-50-53-54(51-47)49(39-23-13-8-14-24-39,40-25-15-9-16-26-40)41-27-17-10-18-28-41/h7-34H,4-6,35H2,1-3H3/q+1. The number of hydrogen-bond donors (Lipinski definition) is 0. The minimum Gasteiger partial charge on any atom is -0.462 e. The lowest BCUT2D eigenvalue weighted by Crippen LogP contribution is -2.39. The summed E-state index contributed by atoms with van der Waals surface area (Å²) in [7, 11) is 2.08. The van der Waals surface area contributed by atoms with E-state index in [1.807, 2.05) is 122 Å². The van der Waals surface area contributed by atoms with E-state index >= 15 is 0 Å². The molecule has 0 amide bonds. The Morgan fingerprint density at radius 3 is 1.68 bits per heavy atom. The summed E-state index contributed by atoms with van der Waals surface area (Å²) in [5, 5.41) is 20.0. The van der Waals surface area contributed by atoms with Gasteiger partial charge in [0.15, 0.2) is 16.8 Å². The molecule has 0 fully saturated rings. The van der Waals surface area contributed by atoms with Crippen molar-refractivity contribution in [3.8, 4) is 22.5 Å². The van der Waals surface area contributed by atoms with Crippen LogP contribution < -0.4 is 0 Å². The summed E-state index contributed by atoms with van der Waals surface area (Å²) in [5.74, 6) is 0.139. The van der Waals surface area contributed by atoms with Gasteiger partial charge in [0.1, 0.15) is 12.3 Å². The van der Waals surface area contributed by atoms with Crippen LogP contribution in [0.3, 0.4) is 0 Å². The Balaban J connectivity index is 1.22. The average molecular weight is 750 g/mol. The van der Waals surface area contributed by atoms with Crippen molar-refractivity contribution in [2.75, 3.05) is 20.2 Å². The highest BCUT2D eigenvalue weighted by Gasteiger charge is 2.45.